The van der Waals surface area contributed by atoms with Crippen LogP contribution in [0.25, 0.3) is 0 Å². The molecule has 4 heterocycles. The Morgan fingerprint density at radius 3 is 2.85 bits per heavy atom. The first-order chi connectivity index (χ1) is 15.8. The van der Waals surface area contributed by atoms with Crippen LogP contribution in [0.5, 0.6) is 0 Å². The quantitative estimate of drug-likeness (QED) is 0.173. The number of fused-ring (bicyclic) bond motifs is 1. The summed E-state index contributed by atoms with van der Waals surface area (Å²) in [6.07, 6.45) is 0. The van der Waals surface area contributed by atoms with E-state index in [2.05, 4.69) is 31.0 Å². The highest BCUT2D eigenvalue weighted by molar-refractivity contribution is 8.18. The number of thioether (sulfide) groups is 3. The molecule has 0 aromatic carbocycles. The highest BCUT2D eigenvalue weighted by Gasteiger charge is 2.54. The van der Waals surface area contributed by atoms with Crippen molar-refractivity contribution in [2.45, 2.75) is 22.6 Å². The topological polar surface area (TPSA) is 199 Å². The Hall–Kier alpha value is -2.70. The summed E-state index contributed by atoms with van der Waals surface area (Å²) in [6.45, 7) is 0. The summed E-state index contributed by atoms with van der Waals surface area (Å²) in [4.78, 5) is 54.0. The van der Waals surface area contributed by atoms with Crippen LogP contribution in [0, 0.1) is 4.91 Å². The molecule has 0 spiro atoms. The Bertz CT molecular complexity index is 1150. The minimum Gasteiger partial charge on any atom is -0.477 e. The standard InChI is InChI=1S/C15H15N9O5S4/c1-23-15(19-21-22-23)33-4-32-6-3-30-12-8(11(26)24(12)9(6)13(27)28)18-10(25)7(20-29)5-2-31-14(16)17-5/h2,7-8,12H,3-4H2,1H3,(H2,16,17)(H,18,25)(H,27,28)/t7?,8-,12+/m1/s1. The molecule has 174 valence electrons. The third-order valence-corrected chi connectivity index (χ3v) is 9.00. The van der Waals surface area contributed by atoms with Gasteiger partial charge in [0.2, 0.25) is 11.2 Å². The maximum atomic E-state index is 12.8. The summed E-state index contributed by atoms with van der Waals surface area (Å²) in [5.74, 6) is -2.29. The second-order valence-electron chi connectivity index (χ2n) is 6.58. The summed E-state index contributed by atoms with van der Waals surface area (Å²) >= 11 is 4.99. The predicted octanol–water partition coefficient (Wildman–Crippen LogP) is 0.235. The lowest BCUT2D eigenvalue weighted by Gasteiger charge is -2.49. The molecule has 18 heteroatoms. The number of hydrogen-bond acceptors (Lipinski definition) is 14. The number of nitrogens with zero attached hydrogens (tertiary/aromatic N) is 7. The van der Waals surface area contributed by atoms with Gasteiger partial charge in [0, 0.05) is 23.1 Å². The van der Waals surface area contributed by atoms with Crippen molar-refractivity contribution in [3.8, 4) is 0 Å². The molecule has 2 aliphatic rings. The van der Waals surface area contributed by atoms with E-state index < -0.39 is 35.2 Å². The van der Waals surface area contributed by atoms with Gasteiger partial charge < -0.3 is 16.2 Å². The molecule has 0 radical (unpaired) electrons. The maximum Gasteiger partial charge on any atom is 0.353 e. The number of carboxylic acids is 1. The van der Waals surface area contributed by atoms with Gasteiger partial charge in [0.25, 0.3) is 11.8 Å². The molecule has 0 aliphatic carbocycles. The van der Waals surface area contributed by atoms with E-state index in [-0.39, 0.29) is 16.5 Å². The molecular weight excluding hydrogens is 514 g/mol. The van der Waals surface area contributed by atoms with Gasteiger partial charge in [0.05, 0.1) is 10.8 Å². The molecule has 4 rings (SSSR count). The lowest BCUT2D eigenvalue weighted by Crippen LogP contribution is -2.70. The van der Waals surface area contributed by atoms with E-state index in [0.717, 1.165) is 16.2 Å². The van der Waals surface area contributed by atoms with E-state index in [1.807, 2.05) is 0 Å². The zero-order valence-electron chi connectivity index (χ0n) is 16.6. The summed E-state index contributed by atoms with van der Waals surface area (Å²) in [6, 6.07) is -2.44. The molecule has 1 saturated heterocycles. The van der Waals surface area contributed by atoms with Crippen LogP contribution in [0.3, 0.4) is 0 Å². The SMILES string of the molecule is Cn1nnnc1SCSC1=C(C(=O)O)N2C(=O)[C@@H](NC(=O)C(N=O)c3csc(N)n3)[C@@H]2SC1. The van der Waals surface area contributed by atoms with Crippen molar-refractivity contribution in [2.75, 3.05) is 16.6 Å². The highest BCUT2D eigenvalue weighted by Crippen LogP contribution is 2.44. The smallest absolute Gasteiger partial charge is 0.353 e. The van der Waals surface area contributed by atoms with Crippen LogP contribution in [0.1, 0.15) is 11.7 Å². The average molecular weight is 530 g/mol. The second-order valence-corrected chi connectivity index (χ2v) is 11.0. The fraction of sp³-hybridized carbons (Fsp3) is 0.400. The number of aryl methyl sites for hydroxylation is 1. The van der Waals surface area contributed by atoms with E-state index in [4.69, 9.17) is 5.73 Å². The first kappa shape index (κ1) is 23.5. The molecule has 2 aromatic rings. The number of amides is 2. The van der Waals surface area contributed by atoms with Crippen LogP contribution in [0.15, 0.2) is 26.3 Å². The number of nitrogens with one attached hydrogen (secondary N) is 1. The van der Waals surface area contributed by atoms with Gasteiger partial charge in [0.15, 0.2) is 5.13 Å². The number of carbonyl (C=O) groups excluding carboxylic acids is 2. The first-order valence-corrected chi connectivity index (χ1v) is 12.9. The van der Waals surface area contributed by atoms with Gasteiger partial charge in [-0.05, 0) is 15.6 Å². The Balaban J connectivity index is 1.43. The van der Waals surface area contributed by atoms with Gasteiger partial charge in [-0.1, -0.05) is 11.8 Å². The molecule has 1 unspecified atom stereocenters. The molecule has 1 fully saturated rings. The zero-order valence-corrected chi connectivity index (χ0v) is 19.9. The number of carboxylic acid groups (broad SMARTS) is 1. The molecule has 2 aliphatic heterocycles. The van der Waals surface area contributed by atoms with Crippen molar-refractivity contribution in [3.63, 3.8) is 0 Å². The van der Waals surface area contributed by atoms with Crippen molar-refractivity contribution in [2.24, 2.45) is 12.2 Å². The molecule has 33 heavy (non-hydrogen) atoms. The number of nitrogen functional groups attached to an aromatic ring is 1. The minimum absolute atomic E-state index is 0.0883. The Morgan fingerprint density at radius 1 is 1.45 bits per heavy atom. The number of aliphatic carboxylic acids is 1. The van der Waals surface area contributed by atoms with Crippen LogP contribution >= 0.6 is 46.6 Å². The summed E-state index contributed by atoms with van der Waals surface area (Å²) in [5, 5.41) is 28.2. The minimum atomic E-state index is -1.46. The van der Waals surface area contributed by atoms with E-state index in [1.54, 1.807) is 7.05 Å². The van der Waals surface area contributed by atoms with Gasteiger partial charge in [-0.3, -0.25) is 14.5 Å². The molecule has 4 N–H and O–H groups in total. The number of aromatic nitrogens is 5. The molecule has 0 bridgehead atoms. The van der Waals surface area contributed by atoms with E-state index in [0.29, 0.717) is 20.9 Å². The molecule has 3 atom stereocenters. The van der Waals surface area contributed by atoms with Crippen molar-refractivity contribution in [1.29, 1.82) is 0 Å². The van der Waals surface area contributed by atoms with Crippen LogP contribution in [0.4, 0.5) is 5.13 Å². The first-order valence-electron chi connectivity index (χ1n) is 9.04. The Labute approximate surface area is 202 Å². The van der Waals surface area contributed by atoms with E-state index >= 15 is 0 Å². The number of anilines is 1. The third kappa shape index (κ3) is 4.55. The number of rotatable bonds is 9. The van der Waals surface area contributed by atoms with Crippen molar-refractivity contribution in [3.05, 3.63) is 26.6 Å². The van der Waals surface area contributed by atoms with Crippen LogP contribution < -0.4 is 11.1 Å². The van der Waals surface area contributed by atoms with E-state index in [9.17, 15) is 24.4 Å². The largest absolute Gasteiger partial charge is 0.477 e. The monoisotopic (exact) mass is 529 g/mol. The third-order valence-electron chi connectivity index (χ3n) is 4.61. The fourth-order valence-electron chi connectivity index (χ4n) is 3.09. The lowest BCUT2D eigenvalue weighted by molar-refractivity contribution is -0.150. The Morgan fingerprint density at radius 2 is 2.24 bits per heavy atom. The molecular formula is C15H15N9O5S4. The van der Waals surface area contributed by atoms with Crippen molar-refractivity contribution in [1.82, 2.24) is 35.4 Å². The molecule has 0 saturated carbocycles. The van der Waals surface area contributed by atoms with Crippen molar-refractivity contribution >= 4 is 69.5 Å². The number of tetrazole rings is 1. The maximum absolute atomic E-state index is 12.8. The number of carbonyl (C=O) groups is 3. The summed E-state index contributed by atoms with van der Waals surface area (Å²) in [5.41, 5.74) is 5.51. The van der Waals surface area contributed by atoms with Crippen LogP contribution in [-0.2, 0) is 21.4 Å². The predicted molar refractivity (Wildman–Crippen MR) is 122 cm³/mol. The summed E-state index contributed by atoms with van der Waals surface area (Å²) < 4.78 is 1.50. The number of thiazole rings is 1. The molecule has 2 amide bonds. The number of nitroso groups, excluding NO2 is 1. The highest BCUT2D eigenvalue weighted by atomic mass is 32.2. The van der Waals surface area contributed by atoms with Crippen molar-refractivity contribution < 1.29 is 19.5 Å². The van der Waals surface area contributed by atoms with Gasteiger partial charge in [-0.15, -0.1) is 44.9 Å². The zero-order chi connectivity index (χ0) is 23.7. The number of nitrogens with two attached hydrogens (primary N) is 1. The normalized spacial score (nSPS) is 20.8. The van der Waals surface area contributed by atoms with Gasteiger partial charge in [0.1, 0.15) is 17.1 Å². The van der Waals surface area contributed by atoms with Gasteiger partial charge >= 0.3 is 5.97 Å². The van der Waals surface area contributed by atoms with Gasteiger partial charge in [-0.2, -0.15) is 0 Å². The Kier molecular flexibility index (Phi) is 6.86. The second kappa shape index (κ2) is 9.65. The fourth-order valence-corrected chi connectivity index (χ4v) is 7.27. The number of β-lactam (4-membered cyclic amide) rings is 1. The lowest BCUT2D eigenvalue weighted by atomic mass is 10.0. The van der Waals surface area contributed by atoms with E-state index in [1.165, 1.54) is 45.3 Å². The van der Waals surface area contributed by atoms with Crippen LogP contribution in [-0.4, -0.2) is 75.2 Å². The van der Waals surface area contributed by atoms with Gasteiger partial charge in [-0.25, -0.2) is 14.5 Å². The number of hydrogen-bond donors (Lipinski definition) is 3. The molecule has 2 aromatic heterocycles. The molecule has 14 nitrogen and oxygen atoms in total. The van der Waals surface area contributed by atoms with Crippen LogP contribution in [0.2, 0.25) is 0 Å². The summed E-state index contributed by atoms with van der Waals surface area (Å²) in [7, 11) is 1.69. The average Bonchev–Trinajstić information content (AvgIpc) is 3.39.